The molecule has 1 aromatic carbocycles. The van der Waals surface area contributed by atoms with Crippen molar-refractivity contribution in [2.45, 2.75) is 24.7 Å². The van der Waals surface area contributed by atoms with E-state index in [1.165, 1.54) is 28.6 Å². The van der Waals surface area contributed by atoms with E-state index in [0.29, 0.717) is 25.2 Å². The number of hydrogen-bond donors (Lipinski definition) is 1. The second kappa shape index (κ2) is 8.63. The molecule has 1 aliphatic heterocycles. The lowest BCUT2D eigenvalue weighted by atomic mass is 10.0. The fourth-order valence-electron chi connectivity index (χ4n) is 2.56. The second-order valence-corrected chi connectivity index (χ2v) is 7.29. The van der Waals surface area contributed by atoms with Crippen molar-refractivity contribution in [1.29, 1.82) is 0 Å². The SMILES string of the molecule is CCOC(=O)c1ccc(S(=O)(=O)N2CCCC(CN)C2)cc1.Cl. The number of esters is 1. The van der Waals surface area contributed by atoms with E-state index in [4.69, 9.17) is 10.5 Å². The van der Waals surface area contributed by atoms with E-state index in [0.717, 1.165) is 12.8 Å². The van der Waals surface area contributed by atoms with Gasteiger partial charge in [0.15, 0.2) is 0 Å². The van der Waals surface area contributed by atoms with Gasteiger partial charge in [-0.05, 0) is 56.5 Å². The molecule has 1 unspecified atom stereocenters. The Morgan fingerprint density at radius 2 is 2.00 bits per heavy atom. The first-order chi connectivity index (χ1) is 10.5. The van der Waals surface area contributed by atoms with Crippen molar-refractivity contribution in [2.24, 2.45) is 11.7 Å². The van der Waals surface area contributed by atoms with E-state index in [1.807, 2.05) is 0 Å². The van der Waals surface area contributed by atoms with Gasteiger partial charge in [0, 0.05) is 13.1 Å². The highest BCUT2D eigenvalue weighted by molar-refractivity contribution is 7.89. The highest BCUT2D eigenvalue weighted by Crippen LogP contribution is 2.23. The summed E-state index contributed by atoms with van der Waals surface area (Å²) >= 11 is 0. The van der Waals surface area contributed by atoms with Crippen LogP contribution in [0.2, 0.25) is 0 Å². The highest BCUT2D eigenvalue weighted by Gasteiger charge is 2.29. The molecular weight excluding hydrogens is 340 g/mol. The molecular formula is C15H23ClN2O4S. The van der Waals surface area contributed by atoms with Crippen LogP contribution in [0.25, 0.3) is 0 Å². The lowest BCUT2D eigenvalue weighted by Gasteiger charge is -2.31. The Morgan fingerprint density at radius 1 is 1.35 bits per heavy atom. The number of halogens is 1. The Hall–Kier alpha value is -1.15. The van der Waals surface area contributed by atoms with Crippen molar-refractivity contribution >= 4 is 28.4 Å². The molecule has 0 saturated carbocycles. The van der Waals surface area contributed by atoms with Crippen LogP contribution < -0.4 is 5.73 Å². The summed E-state index contributed by atoms with van der Waals surface area (Å²) in [5, 5.41) is 0. The van der Waals surface area contributed by atoms with Crippen LogP contribution in [0.3, 0.4) is 0 Å². The smallest absolute Gasteiger partial charge is 0.338 e. The van der Waals surface area contributed by atoms with Gasteiger partial charge in [-0.25, -0.2) is 13.2 Å². The number of sulfonamides is 1. The number of benzene rings is 1. The van der Waals surface area contributed by atoms with Crippen LogP contribution in [0.4, 0.5) is 0 Å². The lowest BCUT2D eigenvalue weighted by Crippen LogP contribution is -2.41. The Morgan fingerprint density at radius 3 is 2.57 bits per heavy atom. The molecule has 130 valence electrons. The average Bonchev–Trinajstić information content (AvgIpc) is 2.55. The molecule has 1 heterocycles. The molecule has 0 aliphatic carbocycles. The lowest BCUT2D eigenvalue weighted by molar-refractivity contribution is 0.0526. The Bertz CT molecular complexity index is 619. The molecule has 1 atom stereocenters. The van der Waals surface area contributed by atoms with Crippen LogP contribution >= 0.6 is 12.4 Å². The van der Waals surface area contributed by atoms with E-state index >= 15 is 0 Å². The molecule has 23 heavy (non-hydrogen) atoms. The van der Waals surface area contributed by atoms with E-state index in [2.05, 4.69) is 0 Å². The van der Waals surface area contributed by atoms with Crippen LogP contribution in [-0.4, -0.2) is 44.9 Å². The van der Waals surface area contributed by atoms with Crippen LogP contribution in [0, 0.1) is 5.92 Å². The van der Waals surface area contributed by atoms with Gasteiger partial charge in [-0.2, -0.15) is 4.31 Å². The largest absolute Gasteiger partial charge is 0.462 e. The summed E-state index contributed by atoms with van der Waals surface area (Å²) in [6, 6.07) is 5.87. The van der Waals surface area contributed by atoms with E-state index in [9.17, 15) is 13.2 Å². The fraction of sp³-hybridized carbons (Fsp3) is 0.533. The Balaban J connectivity index is 0.00000264. The topological polar surface area (TPSA) is 89.7 Å². The molecule has 8 heteroatoms. The van der Waals surface area contributed by atoms with Gasteiger partial charge < -0.3 is 10.5 Å². The van der Waals surface area contributed by atoms with Gasteiger partial charge in [-0.3, -0.25) is 0 Å². The molecule has 1 aromatic rings. The predicted molar refractivity (Wildman–Crippen MR) is 90.2 cm³/mol. The second-order valence-electron chi connectivity index (χ2n) is 5.35. The Kier molecular flexibility index (Phi) is 7.47. The number of ether oxygens (including phenoxy) is 1. The van der Waals surface area contributed by atoms with Crippen LogP contribution in [-0.2, 0) is 14.8 Å². The van der Waals surface area contributed by atoms with Crippen LogP contribution in [0.1, 0.15) is 30.1 Å². The summed E-state index contributed by atoms with van der Waals surface area (Å²) in [5.74, 6) is -0.241. The number of carbonyl (C=O) groups is 1. The van der Waals surface area contributed by atoms with Crippen molar-refractivity contribution in [3.8, 4) is 0 Å². The number of nitrogens with zero attached hydrogens (tertiary/aromatic N) is 1. The van der Waals surface area contributed by atoms with Gasteiger partial charge in [-0.1, -0.05) is 0 Å². The average molecular weight is 363 g/mol. The zero-order valence-corrected chi connectivity index (χ0v) is 14.7. The molecule has 0 radical (unpaired) electrons. The third kappa shape index (κ3) is 4.67. The molecule has 0 amide bonds. The standard InChI is InChI=1S/C15H22N2O4S.ClH/c1-2-21-15(18)13-5-7-14(8-6-13)22(19,20)17-9-3-4-12(10-16)11-17;/h5-8,12H,2-4,9-11,16H2,1H3;1H. The van der Waals surface area contributed by atoms with E-state index < -0.39 is 16.0 Å². The van der Waals surface area contributed by atoms with Gasteiger partial charge in [0.1, 0.15) is 0 Å². The molecule has 1 fully saturated rings. The maximum Gasteiger partial charge on any atom is 0.338 e. The summed E-state index contributed by atoms with van der Waals surface area (Å²) in [6.07, 6.45) is 1.78. The zero-order valence-electron chi connectivity index (χ0n) is 13.1. The molecule has 1 aliphatic rings. The molecule has 2 rings (SSSR count). The first-order valence-corrected chi connectivity index (χ1v) is 8.90. The van der Waals surface area contributed by atoms with E-state index in [-0.39, 0.29) is 29.8 Å². The first kappa shape index (κ1) is 19.9. The summed E-state index contributed by atoms with van der Waals surface area (Å²) in [7, 11) is -3.53. The maximum absolute atomic E-state index is 12.6. The van der Waals surface area contributed by atoms with Crippen molar-refractivity contribution in [2.75, 3.05) is 26.2 Å². The number of nitrogens with two attached hydrogens (primary N) is 1. The van der Waals surface area contributed by atoms with E-state index in [1.54, 1.807) is 6.92 Å². The first-order valence-electron chi connectivity index (χ1n) is 7.46. The summed E-state index contributed by atoms with van der Waals surface area (Å²) in [4.78, 5) is 11.8. The number of hydrogen-bond acceptors (Lipinski definition) is 5. The summed E-state index contributed by atoms with van der Waals surface area (Å²) < 4.78 is 31.6. The van der Waals surface area contributed by atoms with Gasteiger partial charge in [0.25, 0.3) is 0 Å². The summed E-state index contributed by atoms with van der Waals surface area (Å²) in [6.45, 7) is 3.47. The highest BCUT2D eigenvalue weighted by atomic mass is 35.5. The van der Waals surface area contributed by atoms with Crippen molar-refractivity contribution in [3.63, 3.8) is 0 Å². The normalized spacial score (nSPS) is 19.0. The predicted octanol–water partition coefficient (Wildman–Crippen LogP) is 1.64. The third-order valence-electron chi connectivity index (χ3n) is 3.82. The molecule has 6 nitrogen and oxygen atoms in total. The fourth-order valence-corrected chi connectivity index (χ4v) is 4.12. The van der Waals surface area contributed by atoms with Crippen LogP contribution in [0.15, 0.2) is 29.2 Å². The third-order valence-corrected chi connectivity index (χ3v) is 5.70. The van der Waals surface area contributed by atoms with Crippen molar-refractivity contribution in [1.82, 2.24) is 4.31 Å². The quantitative estimate of drug-likeness (QED) is 0.804. The van der Waals surface area contributed by atoms with Gasteiger partial charge in [-0.15, -0.1) is 12.4 Å². The van der Waals surface area contributed by atoms with Gasteiger partial charge >= 0.3 is 5.97 Å². The van der Waals surface area contributed by atoms with Crippen molar-refractivity contribution in [3.05, 3.63) is 29.8 Å². The number of rotatable bonds is 5. The van der Waals surface area contributed by atoms with Gasteiger partial charge in [0.05, 0.1) is 17.1 Å². The summed E-state index contributed by atoms with van der Waals surface area (Å²) in [5.41, 5.74) is 6.00. The molecule has 0 aromatic heterocycles. The van der Waals surface area contributed by atoms with Crippen molar-refractivity contribution < 1.29 is 17.9 Å². The maximum atomic E-state index is 12.6. The number of carbonyl (C=O) groups excluding carboxylic acids is 1. The van der Waals surface area contributed by atoms with Gasteiger partial charge in [0.2, 0.25) is 10.0 Å². The van der Waals surface area contributed by atoms with Crippen LogP contribution in [0.5, 0.6) is 0 Å². The zero-order chi connectivity index (χ0) is 16.2. The number of piperidine rings is 1. The molecule has 2 N–H and O–H groups in total. The Labute approximate surface area is 143 Å². The molecule has 0 spiro atoms. The molecule has 0 bridgehead atoms. The minimum absolute atomic E-state index is 0. The molecule has 1 saturated heterocycles. The minimum atomic E-state index is -3.53. The monoisotopic (exact) mass is 362 g/mol. The minimum Gasteiger partial charge on any atom is -0.462 e.